The van der Waals surface area contributed by atoms with Gasteiger partial charge in [-0.2, -0.15) is 0 Å². The summed E-state index contributed by atoms with van der Waals surface area (Å²) in [5.41, 5.74) is 6.23. The molecule has 0 fully saturated rings. The number of pyridine rings is 1. The second kappa shape index (κ2) is 5.46. The fraction of sp³-hybridized carbons (Fsp3) is 0.0667. The molecule has 0 aliphatic carbocycles. The van der Waals surface area contributed by atoms with Crippen molar-refractivity contribution < 1.29 is 9.53 Å². The number of benzene rings is 1. The zero-order valence-electron chi connectivity index (χ0n) is 11.1. The molecule has 0 radical (unpaired) electrons. The van der Waals surface area contributed by atoms with Crippen LogP contribution in [0.1, 0.15) is 15.2 Å². The normalized spacial score (nSPS) is 10.8. The summed E-state index contributed by atoms with van der Waals surface area (Å²) in [6.45, 7) is 1.87. The third-order valence-corrected chi connectivity index (χ3v) is 4.84. The quantitative estimate of drug-likeness (QED) is 0.756. The van der Waals surface area contributed by atoms with Gasteiger partial charge in [-0.15, -0.1) is 11.3 Å². The molecule has 2 aromatic heterocycles. The van der Waals surface area contributed by atoms with Crippen LogP contribution in [-0.4, -0.2) is 10.9 Å². The van der Waals surface area contributed by atoms with E-state index in [0.29, 0.717) is 16.4 Å². The van der Waals surface area contributed by atoms with E-state index in [-0.39, 0.29) is 0 Å². The summed E-state index contributed by atoms with van der Waals surface area (Å²) in [4.78, 5) is 16.2. The molecule has 0 aliphatic rings. The van der Waals surface area contributed by atoms with Crippen LogP contribution in [0, 0.1) is 6.92 Å². The molecular weight excluding hydrogens is 352 g/mol. The van der Waals surface area contributed by atoms with Gasteiger partial charge < -0.3 is 10.5 Å². The molecule has 1 aromatic carbocycles. The lowest BCUT2D eigenvalue weighted by Gasteiger charge is -2.07. The number of nitrogens with two attached hydrogens (primary N) is 1. The SMILES string of the molecule is Cc1c(C(N)=O)sc2cncc(Oc3ccc(Br)cc3)c12. The zero-order chi connectivity index (χ0) is 15.0. The third kappa shape index (κ3) is 2.64. The van der Waals surface area contributed by atoms with Crippen LogP contribution < -0.4 is 10.5 Å². The first kappa shape index (κ1) is 14.0. The maximum absolute atomic E-state index is 11.5. The number of carbonyl (C=O) groups excluding carboxylic acids is 1. The number of carbonyl (C=O) groups is 1. The van der Waals surface area contributed by atoms with Crippen LogP contribution in [0.25, 0.3) is 10.1 Å². The number of fused-ring (bicyclic) bond motifs is 1. The number of aryl methyl sites for hydroxylation is 1. The summed E-state index contributed by atoms with van der Waals surface area (Å²) < 4.78 is 7.76. The highest BCUT2D eigenvalue weighted by atomic mass is 79.9. The molecule has 0 aliphatic heterocycles. The standard InChI is InChI=1S/C15H11BrN2O2S/c1-8-13-11(20-10-4-2-9(16)3-5-10)6-18-7-12(13)21-14(8)15(17)19/h2-7H,1H3,(H2,17,19). The van der Waals surface area contributed by atoms with Gasteiger partial charge in [0.2, 0.25) is 0 Å². The predicted octanol–water partition coefficient (Wildman–Crippen LogP) is 4.26. The molecule has 0 saturated heterocycles. The third-order valence-electron chi connectivity index (χ3n) is 3.07. The highest BCUT2D eigenvalue weighted by Crippen LogP contribution is 2.38. The summed E-state index contributed by atoms with van der Waals surface area (Å²) >= 11 is 4.72. The van der Waals surface area contributed by atoms with Crippen LogP contribution in [0.4, 0.5) is 0 Å². The van der Waals surface area contributed by atoms with E-state index in [1.807, 2.05) is 31.2 Å². The molecule has 6 heteroatoms. The number of rotatable bonds is 3. The minimum absolute atomic E-state index is 0.428. The van der Waals surface area contributed by atoms with Gasteiger partial charge >= 0.3 is 0 Å². The zero-order valence-corrected chi connectivity index (χ0v) is 13.5. The van der Waals surface area contributed by atoms with Crippen LogP contribution in [-0.2, 0) is 0 Å². The number of thiophene rings is 1. The Morgan fingerprint density at radius 2 is 2.00 bits per heavy atom. The maximum Gasteiger partial charge on any atom is 0.259 e. The van der Waals surface area contributed by atoms with Crippen LogP contribution in [0.15, 0.2) is 41.1 Å². The van der Waals surface area contributed by atoms with E-state index in [0.717, 1.165) is 20.1 Å². The molecule has 0 spiro atoms. The first-order chi connectivity index (χ1) is 10.1. The van der Waals surface area contributed by atoms with E-state index in [4.69, 9.17) is 10.5 Å². The Morgan fingerprint density at radius 3 is 2.67 bits per heavy atom. The van der Waals surface area contributed by atoms with E-state index >= 15 is 0 Å². The van der Waals surface area contributed by atoms with Crippen molar-refractivity contribution in [3.63, 3.8) is 0 Å². The first-order valence-electron chi connectivity index (χ1n) is 6.16. The van der Waals surface area contributed by atoms with Crippen molar-refractivity contribution in [2.45, 2.75) is 6.92 Å². The molecule has 0 bridgehead atoms. The Balaban J connectivity index is 2.10. The van der Waals surface area contributed by atoms with Gasteiger partial charge in [-0.05, 0) is 36.8 Å². The number of aromatic nitrogens is 1. The van der Waals surface area contributed by atoms with Crippen molar-refractivity contribution in [1.82, 2.24) is 4.98 Å². The van der Waals surface area contributed by atoms with Gasteiger partial charge in [0, 0.05) is 16.1 Å². The fourth-order valence-corrected chi connectivity index (χ4v) is 3.42. The van der Waals surface area contributed by atoms with E-state index in [2.05, 4.69) is 20.9 Å². The first-order valence-corrected chi connectivity index (χ1v) is 7.77. The van der Waals surface area contributed by atoms with E-state index in [9.17, 15) is 4.79 Å². The van der Waals surface area contributed by atoms with E-state index in [1.165, 1.54) is 11.3 Å². The summed E-state index contributed by atoms with van der Waals surface area (Å²) in [6, 6.07) is 7.52. The molecule has 3 rings (SSSR count). The van der Waals surface area contributed by atoms with Crippen molar-refractivity contribution in [1.29, 1.82) is 0 Å². The second-order valence-electron chi connectivity index (χ2n) is 4.49. The van der Waals surface area contributed by atoms with Gasteiger partial charge in [-0.3, -0.25) is 9.78 Å². The molecule has 2 N–H and O–H groups in total. The minimum atomic E-state index is -0.428. The fourth-order valence-electron chi connectivity index (χ4n) is 2.11. The smallest absolute Gasteiger partial charge is 0.259 e. The molecule has 2 heterocycles. The van der Waals surface area contributed by atoms with E-state index < -0.39 is 5.91 Å². The second-order valence-corrected chi connectivity index (χ2v) is 6.46. The predicted molar refractivity (Wildman–Crippen MR) is 87.1 cm³/mol. The number of hydrogen-bond acceptors (Lipinski definition) is 4. The van der Waals surface area contributed by atoms with Crippen molar-refractivity contribution in [2.24, 2.45) is 5.73 Å². The van der Waals surface area contributed by atoms with Gasteiger partial charge in [0.1, 0.15) is 5.75 Å². The van der Waals surface area contributed by atoms with Crippen LogP contribution >= 0.6 is 27.3 Å². The lowest BCUT2D eigenvalue weighted by atomic mass is 10.1. The average molecular weight is 363 g/mol. The van der Waals surface area contributed by atoms with Crippen LogP contribution in [0.2, 0.25) is 0 Å². The number of hydrogen-bond donors (Lipinski definition) is 1. The molecule has 0 saturated carbocycles. The van der Waals surface area contributed by atoms with Gasteiger partial charge in [0.05, 0.1) is 15.8 Å². The molecule has 1 amide bonds. The maximum atomic E-state index is 11.5. The number of primary amides is 1. The summed E-state index contributed by atoms with van der Waals surface area (Å²) in [6.07, 6.45) is 3.36. The highest BCUT2D eigenvalue weighted by Gasteiger charge is 2.17. The van der Waals surface area contributed by atoms with E-state index in [1.54, 1.807) is 12.4 Å². The molecule has 4 nitrogen and oxygen atoms in total. The molecule has 0 atom stereocenters. The highest BCUT2D eigenvalue weighted by molar-refractivity contribution is 9.10. The van der Waals surface area contributed by atoms with Crippen molar-refractivity contribution in [3.8, 4) is 11.5 Å². The number of nitrogens with zero attached hydrogens (tertiary/aromatic N) is 1. The van der Waals surface area contributed by atoms with Crippen LogP contribution in [0.3, 0.4) is 0 Å². The van der Waals surface area contributed by atoms with Gasteiger partial charge in [-0.25, -0.2) is 0 Å². The van der Waals surface area contributed by atoms with Crippen LogP contribution in [0.5, 0.6) is 11.5 Å². The lowest BCUT2D eigenvalue weighted by molar-refractivity contribution is 0.100. The Morgan fingerprint density at radius 1 is 1.29 bits per heavy atom. The van der Waals surface area contributed by atoms with Crippen molar-refractivity contribution in [2.75, 3.05) is 0 Å². The molecule has 3 aromatic rings. The van der Waals surface area contributed by atoms with Gasteiger partial charge in [0.15, 0.2) is 5.75 Å². The summed E-state index contributed by atoms with van der Waals surface area (Å²) in [5.74, 6) is 0.901. The number of halogens is 1. The lowest BCUT2D eigenvalue weighted by Crippen LogP contribution is -2.09. The average Bonchev–Trinajstić information content (AvgIpc) is 2.80. The molecule has 106 valence electrons. The molecule has 0 unspecified atom stereocenters. The largest absolute Gasteiger partial charge is 0.455 e. The molecular formula is C15H11BrN2O2S. The van der Waals surface area contributed by atoms with Gasteiger partial charge in [-0.1, -0.05) is 15.9 Å². The monoisotopic (exact) mass is 362 g/mol. The minimum Gasteiger partial charge on any atom is -0.455 e. The number of ether oxygens (including phenoxy) is 1. The van der Waals surface area contributed by atoms with Gasteiger partial charge in [0.25, 0.3) is 5.91 Å². The Kier molecular flexibility index (Phi) is 3.65. The molecule has 21 heavy (non-hydrogen) atoms. The Hall–Kier alpha value is -1.92. The summed E-state index contributed by atoms with van der Waals surface area (Å²) in [7, 11) is 0. The Labute approximate surface area is 133 Å². The van der Waals surface area contributed by atoms with Crippen molar-refractivity contribution >= 4 is 43.3 Å². The topological polar surface area (TPSA) is 65.2 Å². The number of amides is 1. The summed E-state index contributed by atoms with van der Waals surface area (Å²) in [5, 5.41) is 0.881. The Bertz CT molecular complexity index is 828. The van der Waals surface area contributed by atoms with Crippen molar-refractivity contribution in [3.05, 3.63) is 51.6 Å².